The van der Waals surface area contributed by atoms with Gasteiger partial charge in [-0.3, -0.25) is 4.90 Å². The van der Waals surface area contributed by atoms with Gasteiger partial charge >= 0.3 is 6.18 Å². The highest BCUT2D eigenvalue weighted by atomic mass is 19.4. The highest BCUT2D eigenvalue weighted by Gasteiger charge is 2.50. The lowest BCUT2D eigenvalue weighted by atomic mass is 9.69. The first-order chi connectivity index (χ1) is 14.8. The predicted octanol–water partition coefficient (Wildman–Crippen LogP) is 7.41. The van der Waals surface area contributed by atoms with E-state index in [-0.39, 0.29) is 12.3 Å². The average Bonchev–Trinajstić information content (AvgIpc) is 2.70. The van der Waals surface area contributed by atoms with E-state index in [4.69, 9.17) is 0 Å². The Morgan fingerprint density at radius 1 is 0.903 bits per heavy atom. The first kappa shape index (κ1) is 23.8. The summed E-state index contributed by atoms with van der Waals surface area (Å²) in [5.74, 6) is -1.51. The molecule has 2 aromatic rings. The Morgan fingerprint density at radius 3 is 2.06 bits per heavy atom. The molecule has 0 spiro atoms. The van der Waals surface area contributed by atoms with Crippen LogP contribution in [-0.2, 0) is 12.8 Å². The van der Waals surface area contributed by atoms with Crippen molar-refractivity contribution >= 4 is 0 Å². The van der Waals surface area contributed by atoms with Crippen LogP contribution in [0.5, 0.6) is 0 Å². The fourth-order valence-electron chi connectivity index (χ4n) is 4.93. The molecule has 0 radical (unpaired) electrons. The Balaban J connectivity index is 1.56. The Kier molecular flexibility index (Phi) is 8.21. The third kappa shape index (κ3) is 6.35. The zero-order chi connectivity index (χ0) is 22.4. The van der Waals surface area contributed by atoms with Gasteiger partial charge < -0.3 is 0 Å². The van der Waals surface area contributed by atoms with Crippen LogP contribution in [0, 0.1) is 5.92 Å². The van der Waals surface area contributed by atoms with E-state index in [0.717, 1.165) is 37.8 Å². The van der Waals surface area contributed by atoms with Crippen molar-refractivity contribution in [1.82, 2.24) is 4.90 Å². The van der Waals surface area contributed by atoms with Gasteiger partial charge in [-0.15, -0.1) is 0 Å². The van der Waals surface area contributed by atoms with Gasteiger partial charge in [0.25, 0.3) is 0 Å². The van der Waals surface area contributed by atoms with Crippen molar-refractivity contribution in [3.8, 4) is 0 Å². The topological polar surface area (TPSA) is 3.24 Å². The number of alkyl halides is 3. The highest BCUT2D eigenvalue weighted by molar-refractivity contribution is 5.28. The molecule has 3 rings (SSSR count). The summed E-state index contributed by atoms with van der Waals surface area (Å²) < 4.78 is 39.2. The predicted molar refractivity (Wildman–Crippen MR) is 122 cm³/mol. The summed E-state index contributed by atoms with van der Waals surface area (Å²) in [5, 5.41) is 0. The minimum atomic E-state index is -4.07. The maximum absolute atomic E-state index is 13.1. The molecule has 0 aromatic heterocycles. The van der Waals surface area contributed by atoms with Crippen LogP contribution in [0.2, 0.25) is 0 Å². The molecule has 1 nitrogen and oxygen atoms in total. The maximum Gasteiger partial charge on any atom is 0.392 e. The minimum absolute atomic E-state index is 0.266. The number of nitrogens with zero attached hydrogens (tertiary/aromatic N) is 1. The summed E-state index contributed by atoms with van der Waals surface area (Å²) >= 11 is 0. The molecular weight excluding hydrogens is 395 g/mol. The molecule has 0 aliphatic heterocycles. The summed E-state index contributed by atoms with van der Waals surface area (Å²) in [6, 6.07) is 19.5. The lowest BCUT2D eigenvalue weighted by molar-refractivity contribution is -0.200. The van der Waals surface area contributed by atoms with Crippen molar-refractivity contribution in [3.05, 3.63) is 71.3 Å². The van der Waals surface area contributed by atoms with Gasteiger partial charge in [-0.25, -0.2) is 0 Å². The fraction of sp³-hybridized carbons (Fsp3) is 0.556. The summed E-state index contributed by atoms with van der Waals surface area (Å²) in [4.78, 5) is 2.60. The van der Waals surface area contributed by atoms with Crippen molar-refractivity contribution in [2.24, 2.45) is 5.92 Å². The zero-order valence-corrected chi connectivity index (χ0v) is 19.0. The van der Waals surface area contributed by atoms with Gasteiger partial charge in [-0.2, -0.15) is 13.2 Å². The van der Waals surface area contributed by atoms with Crippen LogP contribution in [0.15, 0.2) is 54.6 Å². The Hall–Kier alpha value is -1.81. The third-order valence-corrected chi connectivity index (χ3v) is 6.97. The van der Waals surface area contributed by atoms with Gasteiger partial charge in [0.05, 0.1) is 5.92 Å². The van der Waals surface area contributed by atoms with Crippen LogP contribution < -0.4 is 0 Å². The molecular formula is C27H36F3N. The van der Waals surface area contributed by atoms with E-state index in [1.54, 1.807) is 0 Å². The summed E-state index contributed by atoms with van der Waals surface area (Å²) in [7, 11) is 0. The molecule has 0 N–H and O–H groups in total. The van der Waals surface area contributed by atoms with E-state index in [0.29, 0.717) is 18.5 Å². The standard InChI is InChI=1S/C27H36F3N/c1-4-24(31(20(2)3)19-18-21-8-6-5-7-9-21)15-12-22-10-13-23(14-11-22)25-16-17-26(25)27(28,29)30/h5-11,13-14,20,24-26H,4,12,15-19H2,1-3H3. The molecule has 31 heavy (non-hydrogen) atoms. The number of halogens is 3. The number of benzene rings is 2. The normalized spacial score (nSPS) is 20.1. The van der Waals surface area contributed by atoms with Gasteiger partial charge in [0, 0.05) is 18.6 Å². The molecule has 1 fully saturated rings. The maximum atomic E-state index is 13.1. The van der Waals surface area contributed by atoms with Crippen LogP contribution in [0.4, 0.5) is 13.2 Å². The second-order valence-electron chi connectivity index (χ2n) is 9.24. The lowest BCUT2D eigenvalue weighted by Gasteiger charge is -2.38. The largest absolute Gasteiger partial charge is 0.392 e. The van der Waals surface area contributed by atoms with E-state index in [9.17, 15) is 13.2 Å². The lowest BCUT2D eigenvalue weighted by Crippen LogP contribution is -2.41. The van der Waals surface area contributed by atoms with Crippen molar-refractivity contribution in [3.63, 3.8) is 0 Å². The first-order valence-corrected chi connectivity index (χ1v) is 11.7. The molecule has 3 atom stereocenters. The average molecular weight is 432 g/mol. The van der Waals surface area contributed by atoms with E-state index in [1.165, 1.54) is 11.1 Å². The molecule has 0 heterocycles. The number of hydrogen-bond acceptors (Lipinski definition) is 1. The summed E-state index contributed by atoms with van der Waals surface area (Å²) in [6.07, 6.45) is 1.01. The van der Waals surface area contributed by atoms with Crippen LogP contribution in [0.25, 0.3) is 0 Å². The van der Waals surface area contributed by atoms with Crippen molar-refractivity contribution in [1.29, 1.82) is 0 Å². The molecule has 4 heteroatoms. The minimum Gasteiger partial charge on any atom is -0.298 e. The molecule has 0 bridgehead atoms. The van der Waals surface area contributed by atoms with Gasteiger partial charge in [-0.05, 0) is 75.0 Å². The van der Waals surface area contributed by atoms with E-state index >= 15 is 0 Å². The summed E-state index contributed by atoms with van der Waals surface area (Å²) in [6.45, 7) is 7.81. The van der Waals surface area contributed by atoms with E-state index < -0.39 is 12.1 Å². The third-order valence-electron chi connectivity index (χ3n) is 6.97. The number of rotatable bonds is 10. The van der Waals surface area contributed by atoms with Gasteiger partial charge in [-0.1, -0.05) is 61.5 Å². The molecule has 1 aliphatic rings. The first-order valence-electron chi connectivity index (χ1n) is 11.7. The number of aryl methyl sites for hydroxylation is 1. The van der Waals surface area contributed by atoms with Crippen LogP contribution >= 0.6 is 0 Å². The Labute approximate surface area is 185 Å². The van der Waals surface area contributed by atoms with E-state index in [1.807, 2.05) is 24.3 Å². The molecule has 170 valence electrons. The Bertz CT molecular complexity index is 782. The van der Waals surface area contributed by atoms with Gasteiger partial charge in [0.15, 0.2) is 0 Å². The second kappa shape index (κ2) is 10.7. The van der Waals surface area contributed by atoms with Crippen LogP contribution in [0.3, 0.4) is 0 Å². The molecule has 1 saturated carbocycles. The smallest absolute Gasteiger partial charge is 0.298 e. The summed E-state index contributed by atoms with van der Waals surface area (Å²) in [5.41, 5.74) is 3.43. The van der Waals surface area contributed by atoms with Crippen molar-refractivity contribution < 1.29 is 13.2 Å². The number of hydrogen-bond donors (Lipinski definition) is 0. The van der Waals surface area contributed by atoms with Gasteiger partial charge in [0.2, 0.25) is 0 Å². The molecule has 3 unspecified atom stereocenters. The fourth-order valence-corrected chi connectivity index (χ4v) is 4.93. The highest BCUT2D eigenvalue weighted by Crippen LogP contribution is 2.50. The van der Waals surface area contributed by atoms with E-state index in [2.05, 4.69) is 56.0 Å². The van der Waals surface area contributed by atoms with Crippen molar-refractivity contribution in [2.45, 2.75) is 83.5 Å². The van der Waals surface area contributed by atoms with Gasteiger partial charge in [0.1, 0.15) is 0 Å². The van der Waals surface area contributed by atoms with Crippen molar-refractivity contribution in [2.75, 3.05) is 6.54 Å². The quantitative estimate of drug-likeness (QED) is 0.379. The molecule has 2 aromatic carbocycles. The monoisotopic (exact) mass is 431 g/mol. The Morgan fingerprint density at radius 2 is 1.55 bits per heavy atom. The second-order valence-corrected chi connectivity index (χ2v) is 9.24. The molecule has 1 aliphatic carbocycles. The van der Waals surface area contributed by atoms with Crippen LogP contribution in [0.1, 0.15) is 69.1 Å². The SMILES string of the molecule is CCC(CCc1ccc(C2CCC2C(F)(F)F)cc1)N(CCc1ccccc1)C(C)C. The molecule has 0 saturated heterocycles. The zero-order valence-electron chi connectivity index (χ0n) is 19.0. The molecule has 0 amide bonds. The van der Waals surface area contributed by atoms with Crippen LogP contribution in [-0.4, -0.2) is 29.7 Å².